The number of anilines is 4. The van der Waals surface area contributed by atoms with E-state index in [9.17, 15) is 19.2 Å². The fourth-order valence-corrected chi connectivity index (χ4v) is 5.01. The number of benzene rings is 5. The summed E-state index contributed by atoms with van der Waals surface area (Å²) in [4.78, 5) is 49.6. The van der Waals surface area contributed by atoms with E-state index in [1.807, 2.05) is 60.7 Å². The summed E-state index contributed by atoms with van der Waals surface area (Å²) in [6, 6.07) is 35.1. The first-order valence-electron chi connectivity index (χ1n) is 15.1. The van der Waals surface area contributed by atoms with Crippen LogP contribution < -0.4 is 10.6 Å². The van der Waals surface area contributed by atoms with Crippen molar-refractivity contribution in [1.29, 1.82) is 0 Å². The van der Waals surface area contributed by atoms with E-state index in [1.165, 1.54) is 12.1 Å². The molecule has 0 unspecified atom stereocenters. The summed E-state index contributed by atoms with van der Waals surface area (Å²) in [6.45, 7) is -0.946. The van der Waals surface area contributed by atoms with E-state index in [4.69, 9.17) is 19.7 Å². The van der Waals surface area contributed by atoms with Gasteiger partial charge in [0.1, 0.15) is 13.2 Å². The number of aliphatic hydroxyl groups is 2. The maximum atomic E-state index is 12.7. The zero-order valence-electron chi connectivity index (χ0n) is 25.7. The number of carbonyl (C=O) groups excluding carboxylic acids is 4. The van der Waals surface area contributed by atoms with E-state index in [0.717, 1.165) is 0 Å². The highest BCUT2D eigenvalue weighted by Gasteiger charge is 2.28. The van der Waals surface area contributed by atoms with Crippen molar-refractivity contribution in [2.24, 2.45) is 0 Å². The van der Waals surface area contributed by atoms with Crippen LogP contribution in [0.15, 0.2) is 121 Å². The third-order valence-corrected chi connectivity index (χ3v) is 7.21. The largest absolute Gasteiger partial charge is 0.460 e. The fraction of sp³-hybridized carbons (Fsp3) is 0.105. The van der Waals surface area contributed by atoms with Gasteiger partial charge in [0, 0.05) is 33.6 Å². The number of hydrogen-bond donors (Lipinski definition) is 4. The quantitative estimate of drug-likeness (QED) is 0.132. The molecule has 0 aromatic heterocycles. The number of hydrogen-bond acceptors (Lipinski definition) is 10. The molecule has 0 aliphatic heterocycles. The minimum absolute atomic E-state index is 0.0641. The first-order valence-corrected chi connectivity index (χ1v) is 15.1. The topological polar surface area (TPSA) is 151 Å². The van der Waals surface area contributed by atoms with Crippen molar-refractivity contribution < 1.29 is 38.9 Å². The van der Waals surface area contributed by atoms with Crippen LogP contribution in [0.4, 0.5) is 22.7 Å². The summed E-state index contributed by atoms with van der Waals surface area (Å²) >= 11 is 0. The van der Waals surface area contributed by atoms with Crippen LogP contribution in [0.1, 0.15) is 52.6 Å². The number of nitrogens with one attached hydrogen (secondary N) is 2. The zero-order chi connectivity index (χ0) is 33.9. The Morgan fingerprint density at radius 2 is 0.792 bits per heavy atom. The second kappa shape index (κ2) is 15.9. The first kappa shape index (κ1) is 33.3. The average Bonchev–Trinajstić information content (AvgIpc) is 3.13. The van der Waals surface area contributed by atoms with E-state index < -0.39 is 11.9 Å². The zero-order valence-corrected chi connectivity index (χ0v) is 25.7. The van der Waals surface area contributed by atoms with Gasteiger partial charge in [0.15, 0.2) is 11.6 Å². The summed E-state index contributed by atoms with van der Waals surface area (Å²) in [6.07, 6.45) is 0. The molecule has 1 aliphatic rings. The van der Waals surface area contributed by atoms with Crippen LogP contribution in [0, 0.1) is 0 Å². The summed E-state index contributed by atoms with van der Waals surface area (Å²) < 4.78 is 10.2. The lowest BCUT2D eigenvalue weighted by Crippen LogP contribution is -2.20. The lowest BCUT2D eigenvalue weighted by atomic mass is 9.84. The second-order valence-electron chi connectivity index (χ2n) is 10.4. The highest BCUT2D eigenvalue weighted by Crippen LogP contribution is 2.36. The molecule has 0 radical (unpaired) electrons. The van der Waals surface area contributed by atoms with Crippen molar-refractivity contribution >= 4 is 46.3 Å². The summed E-state index contributed by atoms with van der Waals surface area (Å²) in [7, 11) is 0. The van der Waals surface area contributed by atoms with Crippen molar-refractivity contribution in [3.63, 3.8) is 0 Å². The van der Waals surface area contributed by atoms with Crippen LogP contribution in [0.2, 0.25) is 0 Å². The Morgan fingerprint density at radius 3 is 1.10 bits per heavy atom. The molecule has 4 N–H and O–H groups in total. The van der Waals surface area contributed by atoms with E-state index in [2.05, 4.69) is 10.6 Å². The molecular weight excluding hydrogens is 612 g/mol. The minimum atomic E-state index is -0.663. The molecule has 6 rings (SSSR count). The van der Waals surface area contributed by atoms with Gasteiger partial charge in [-0.3, -0.25) is 9.59 Å². The highest BCUT2D eigenvalue weighted by atomic mass is 16.5. The molecule has 10 heteroatoms. The number of aliphatic hydroxyl groups excluding tert-OH is 2. The SMILES string of the molecule is O=C(OCCO)c1ccc(C(=O)OCCO)c(Nc2ccccc2)c1Nc1ccccc1.O=C1c2ccccc2C(=O)c2ccccc21. The number of ketones is 2. The Labute approximate surface area is 276 Å². The van der Waals surface area contributed by atoms with Crippen LogP contribution in [0.25, 0.3) is 0 Å². The van der Waals surface area contributed by atoms with Crippen molar-refractivity contribution in [2.75, 3.05) is 37.1 Å². The molecule has 10 nitrogen and oxygen atoms in total. The Bertz CT molecular complexity index is 1740. The van der Waals surface area contributed by atoms with Crippen molar-refractivity contribution in [2.45, 2.75) is 0 Å². The predicted molar refractivity (Wildman–Crippen MR) is 180 cm³/mol. The van der Waals surface area contributed by atoms with Crippen LogP contribution in [0.3, 0.4) is 0 Å². The lowest BCUT2D eigenvalue weighted by molar-refractivity contribution is 0.0423. The van der Waals surface area contributed by atoms with Gasteiger partial charge in [0.25, 0.3) is 0 Å². The second-order valence-corrected chi connectivity index (χ2v) is 10.4. The Hall–Kier alpha value is -6.10. The molecule has 0 atom stereocenters. The first-order chi connectivity index (χ1) is 23.4. The number of fused-ring (bicyclic) bond motifs is 2. The maximum absolute atomic E-state index is 12.7. The van der Waals surface area contributed by atoms with Crippen LogP contribution >= 0.6 is 0 Å². The average molecular weight is 645 g/mol. The van der Waals surface area contributed by atoms with Crippen LogP contribution in [0.5, 0.6) is 0 Å². The number of esters is 2. The molecule has 0 amide bonds. The summed E-state index contributed by atoms with van der Waals surface area (Å²) in [5.41, 5.74) is 4.33. The molecule has 48 heavy (non-hydrogen) atoms. The highest BCUT2D eigenvalue weighted by molar-refractivity contribution is 6.28. The molecule has 0 spiro atoms. The van der Waals surface area contributed by atoms with Crippen LogP contribution in [-0.2, 0) is 9.47 Å². The predicted octanol–water partition coefficient (Wildman–Crippen LogP) is 5.93. The fourth-order valence-electron chi connectivity index (χ4n) is 5.01. The van der Waals surface area contributed by atoms with Gasteiger partial charge in [-0.2, -0.15) is 0 Å². The van der Waals surface area contributed by atoms with E-state index in [0.29, 0.717) is 45.0 Å². The Morgan fingerprint density at radius 1 is 0.479 bits per heavy atom. The summed E-state index contributed by atoms with van der Waals surface area (Å²) in [5, 5.41) is 24.4. The van der Waals surface area contributed by atoms with Crippen molar-refractivity contribution in [1.82, 2.24) is 0 Å². The lowest BCUT2D eigenvalue weighted by Gasteiger charge is -2.20. The normalized spacial score (nSPS) is 11.3. The Kier molecular flexibility index (Phi) is 11.1. The van der Waals surface area contributed by atoms with Gasteiger partial charge >= 0.3 is 11.9 Å². The summed E-state index contributed by atoms with van der Waals surface area (Å²) in [5.74, 6) is -1.45. The van der Waals surface area contributed by atoms with Gasteiger partial charge in [0.05, 0.1) is 35.7 Å². The van der Waals surface area contributed by atoms with E-state index in [1.54, 1.807) is 48.5 Å². The molecular formula is C38H32N2O8. The molecule has 1 aliphatic carbocycles. The number of ether oxygens (including phenoxy) is 2. The molecule has 0 heterocycles. The molecule has 5 aromatic rings. The van der Waals surface area contributed by atoms with E-state index >= 15 is 0 Å². The third-order valence-electron chi connectivity index (χ3n) is 7.21. The molecule has 0 fully saturated rings. The van der Waals surface area contributed by atoms with Gasteiger partial charge in [-0.15, -0.1) is 0 Å². The van der Waals surface area contributed by atoms with Gasteiger partial charge in [-0.1, -0.05) is 84.9 Å². The molecule has 0 bridgehead atoms. The van der Waals surface area contributed by atoms with Gasteiger partial charge in [-0.05, 0) is 36.4 Å². The number of para-hydroxylation sites is 2. The number of carbonyl (C=O) groups is 4. The smallest absolute Gasteiger partial charge is 0.340 e. The molecule has 242 valence electrons. The van der Waals surface area contributed by atoms with Gasteiger partial charge in [0.2, 0.25) is 0 Å². The number of rotatable bonds is 10. The van der Waals surface area contributed by atoms with E-state index in [-0.39, 0.29) is 49.1 Å². The molecule has 0 saturated heterocycles. The van der Waals surface area contributed by atoms with Crippen molar-refractivity contribution in [3.8, 4) is 0 Å². The van der Waals surface area contributed by atoms with Crippen LogP contribution in [-0.4, -0.2) is 60.1 Å². The van der Waals surface area contributed by atoms with Crippen molar-refractivity contribution in [3.05, 3.63) is 155 Å². The maximum Gasteiger partial charge on any atom is 0.340 e. The monoisotopic (exact) mass is 644 g/mol. The third kappa shape index (κ3) is 7.64. The van der Waals surface area contributed by atoms with Gasteiger partial charge < -0.3 is 30.3 Å². The molecule has 5 aromatic carbocycles. The Balaban J connectivity index is 0.000000233. The van der Waals surface area contributed by atoms with Gasteiger partial charge in [-0.25, -0.2) is 9.59 Å². The standard InChI is InChI=1S/C24H24N2O6.C14H8O2/c27-13-15-31-23(29)19-11-12-20(24(30)32-16-14-28)22(26-18-9-5-2-6-10-18)21(19)25-17-7-3-1-4-8-17;15-13-9-5-1-2-6-10(9)14(16)12-8-4-3-7-11(12)13/h1-12,25-28H,13-16H2;1-8H. The minimum Gasteiger partial charge on any atom is -0.460 e. The molecule has 0 saturated carbocycles.